The minimum Gasteiger partial charge on any atom is -0.396 e. The van der Waals surface area contributed by atoms with Crippen molar-refractivity contribution in [2.24, 2.45) is 0 Å². The van der Waals surface area contributed by atoms with Gasteiger partial charge in [-0.2, -0.15) is 0 Å². The summed E-state index contributed by atoms with van der Waals surface area (Å²) in [6.45, 7) is 0.707. The zero-order valence-corrected chi connectivity index (χ0v) is 12.2. The Morgan fingerprint density at radius 1 is 1.42 bits per heavy atom. The van der Waals surface area contributed by atoms with Crippen molar-refractivity contribution in [3.05, 3.63) is 32.5 Å². The highest BCUT2D eigenvalue weighted by molar-refractivity contribution is 9.10. The fourth-order valence-corrected chi connectivity index (χ4v) is 2.07. The second-order valence-electron chi connectivity index (χ2n) is 4.22. The van der Waals surface area contributed by atoms with E-state index in [-0.39, 0.29) is 22.5 Å². The zero-order valence-electron chi connectivity index (χ0n) is 10.6. The Balaban J connectivity index is 2.85. The van der Waals surface area contributed by atoms with Gasteiger partial charge in [0.05, 0.1) is 9.40 Å². The molecule has 1 aromatic rings. The minimum atomic E-state index is -0.525. The van der Waals surface area contributed by atoms with Crippen LogP contribution in [0.3, 0.4) is 0 Å². The number of aliphatic hydroxyl groups excluding tert-OH is 1. The number of benzene rings is 1. The largest absolute Gasteiger partial charge is 0.396 e. The van der Waals surface area contributed by atoms with Crippen molar-refractivity contribution in [3.8, 4) is 0 Å². The quantitative estimate of drug-likeness (QED) is 0.472. The van der Waals surface area contributed by atoms with Gasteiger partial charge in [0.2, 0.25) is 0 Å². The van der Waals surface area contributed by atoms with Gasteiger partial charge in [-0.15, -0.1) is 0 Å². The van der Waals surface area contributed by atoms with Crippen LogP contribution in [0.25, 0.3) is 0 Å². The molecule has 0 fully saturated rings. The van der Waals surface area contributed by atoms with Gasteiger partial charge in [0.1, 0.15) is 11.5 Å². The summed E-state index contributed by atoms with van der Waals surface area (Å²) in [5.74, 6) is -0.525. The molecule has 5 nitrogen and oxygen atoms in total. The number of unbranched alkanes of at least 4 members (excludes halogenated alkanes) is 2. The Morgan fingerprint density at radius 2 is 2.11 bits per heavy atom. The van der Waals surface area contributed by atoms with Gasteiger partial charge in [0.25, 0.3) is 5.69 Å². The van der Waals surface area contributed by atoms with Crippen molar-refractivity contribution in [2.45, 2.75) is 19.3 Å². The lowest BCUT2D eigenvalue weighted by Crippen LogP contribution is -2.20. The molecule has 0 aliphatic carbocycles. The summed E-state index contributed by atoms with van der Waals surface area (Å²) < 4.78 is 13.6. The third-order valence-corrected chi connectivity index (χ3v) is 3.38. The average Bonchev–Trinajstić information content (AvgIpc) is 2.36. The molecule has 1 N–H and O–H groups in total. The lowest BCUT2D eigenvalue weighted by molar-refractivity contribution is -0.384. The summed E-state index contributed by atoms with van der Waals surface area (Å²) in [5.41, 5.74) is 0.132. The Bertz CT molecular complexity index is 457. The number of hydrogen-bond donors (Lipinski definition) is 1. The third kappa shape index (κ3) is 4.43. The molecule has 0 radical (unpaired) electrons. The molecule has 0 spiro atoms. The van der Waals surface area contributed by atoms with Crippen molar-refractivity contribution >= 4 is 27.3 Å². The van der Waals surface area contributed by atoms with Crippen LogP contribution in [0.1, 0.15) is 19.3 Å². The average molecular weight is 335 g/mol. The number of nitro benzene ring substituents is 1. The normalized spacial score (nSPS) is 10.5. The minimum absolute atomic E-state index is 0.0802. The number of hydrogen-bond acceptors (Lipinski definition) is 4. The molecule has 0 saturated carbocycles. The second-order valence-corrected chi connectivity index (χ2v) is 5.07. The van der Waals surface area contributed by atoms with E-state index in [1.165, 1.54) is 6.07 Å². The van der Waals surface area contributed by atoms with Crippen LogP contribution < -0.4 is 4.90 Å². The molecule has 106 valence electrons. The first-order valence-electron chi connectivity index (χ1n) is 5.92. The number of anilines is 1. The van der Waals surface area contributed by atoms with E-state index in [1.54, 1.807) is 11.9 Å². The molecule has 0 bridgehead atoms. The van der Waals surface area contributed by atoms with E-state index < -0.39 is 10.7 Å². The molecule has 19 heavy (non-hydrogen) atoms. The Labute approximate surface area is 119 Å². The van der Waals surface area contributed by atoms with Crippen LogP contribution in [0.5, 0.6) is 0 Å². The van der Waals surface area contributed by atoms with Crippen LogP contribution in [0.2, 0.25) is 0 Å². The number of halogens is 2. The maximum Gasteiger partial charge on any atom is 0.293 e. The molecule has 0 unspecified atom stereocenters. The predicted molar refractivity (Wildman–Crippen MR) is 75.0 cm³/mol. The van der Waals surface area contributed by atoms with E-state index in [0.717, 1.165) is 18.9 Å². The SMILES string of the molecule is CN(CCCCCO)c1cc(F)c(Br)cc1[N+](=O)[O-]. The predicted octanol–water partition coefficient (Wildman–Crippen LogP) is 3.10. The first kappa shape index (κ1) is 15.8. The summed E-state index contributed by atoms with van der Waals surface area (Å²) in [6, 6.07) is 2.34. The molecule has 0 aromatic heterocycles. The molecule has 0 heterocycles. The van der Waals surface area contributed by atoms with Gasteiger partial charge in [0.15, 0.2) is 0 Å². The second kappa shape index (κ2) is 7.40. The van der Waals surface area contributed by atoms with E-state index in [9.17, 15) is 14.5 Å². The summed E-state index contributed by atoms with van der Waals surface area (Å²) >= 11 is 2.95. The fourth-order valence-electron chi connectivity index (χ4n) is 1.74. The molecular formula is C12H16BrFN2O3. The van der Waals surface area contributed by atoms with Crippen LogP contribution in [0, 0.1) is 15.9 Å². The number of aliphatic hydroxyl groups is 1. The number of nitrogens with zero attached hydrogens (tertiary/aromatic N) is 2. The van der Waals surface area contributed by atoms with Crippen LogP contribution in [-0.4, -0.2) is 30.2 Å². The molecule has 0 amide bonds. The Kier molecular flexibility index (Phi) is 6.17. The molecule has 1 rings (SSSR count). The van der Waals surface area contributed by atoms with Gasteiger partial charge in [-0.1, -0.05) is 0 Å². The standard InChI is InChI=1S/C12H16BrFN2O3/c1-15(5-3-2-4-6-17)11-8-10(14)9(13)7-12(11)16(18)19/h7-8,17H,2-6H2,1H3. The van der Waals surface area contributed by atoms with Gasteiger partial charge in [0, 0.05) is 32.3 Å². The monoisotopic (exact) mass is 334 g/mol. The van der Waals surface area contributed by atoms with Gasteiger partial charge in [-0.3, -0.25) is 10.1 Å². The van der Waals surface area contributed by atoms with Crippen molar-refractivity contribution in [1.29, 1.82) is 0 Å². The highest BCUT2D eigenvalue weighted by Gasteiger charge is 2.20. The summed E-state index contributed by atoms with van der Waals surface area (Å²) in [4.78, 5) is 12.1. The van der Waals surface area contributed by atoms with E-state index in [2.05, 4.69) is 15.9 Å². The zero-order chi connectivity index (χ0) is 14.4. The summed E-state index contributed by atoms with van der Waals surface area (Å²) in [7, 11) is 1.69. The van der Waals surface area contributed by atoms with Crippen molar-refractivity contribution in [3.63, 3.8) is 0 Å². The first-order valence-corrected chi connectivity index (χ1v) is 6.72. The van der Waals surface area contributed by atoms with Gasteiger partial charge < -0.3 is 10.0 Å². The van der Waals surface area contributed by atoms with Crippen LogP contribution in [0.4, 0.5) is 15.8 Å². The van der Waals surface area contributed by atoms with Crippen molar-refractivity contribution < 1.29 is 14.4 Å². The molecule has 0 atom stereocenters. The van der Waals surface area contributed by atoms with Crippen LogP contribution >= 0.6 is 15.9 Å². The molecule has 1 aromatic carbocycles. The topological polar surface area (TPSA) is 66.6 Å². The Morgan fingerprint density at radius 3 is 2.68 bits per heavy atom. The highest BCUT2D eigenvalue weighted by Crippen LogP contribution is 2.32. The van der Waals surface area contributed by atoms with E-state index in [0.29, 0.717) is 13.0 Å². The highest BCUT2D eigenvalue weighted by atomic mass is 79.9. The van der Waals surface area contributed by atoms with Gasteiger partial charge in [-0.25, -0.2) is 4.39 Å². The van der Waals surface area contributed by atoms with Crippen LogP contribution in [-0.2, 0) is 0 Å². The molecule has 0 saturated heterocycles. The smallest absolute Gasteiger partial charge is 0.293 e. The lowest BCUT2D eigenvalue weighted by atomic mass is 10.2. The van der Waals surface area contributed by atoms with Crippen molar-refractivity contribution in [2.75, 3.05) is 25.1 Å². The van der Waals surface area contributed by atoms with Crippen LogP contribution in [0.15, 0.2) is 16.6 Å². The van der Waals surface area contributed by atoms with E-state index in [1.807, 2.05) is 0 Å². The van der Waals surface area contributed by atoms with Gasteiger partial charge in [-0.05, 0) is 35.2 Å². The Hall–Kier alpha value is -1.21. The van der Waals surface area contributed by atoms with Gasteiger partial charge >= 0.3 is 0 Å². The molecule has 0 aliphatic heterocycles. The van der Waals surface area contributed by atoms with E-state index in [4.69, 9.17) is 5.11 Å². The fraction of sp³-hybridized carbons (Fsp3) is 0.500. The molecule has 0 aliphatic rings. The first-order chi connectivity index (χ1) is 8.97. The molecular weight excluding hydrogens is 319 g/mol. The third-order valence-electron chi connectivity index (χ3n) is 2.78. The van der Waals surface area contributed by atoms with Crippen molar-refractivity contribution in [1.82, 2.24) is 0 Å². The number of rotatable bonds is 7. The summed E-state index contributed by atoms with van der Waals surface area (Å²) in [5, 5.41) is 19.6. The summed E-state index contributed by atoms with van der Waals surface area (Å²) in [6.07, 6.45) is 2.31. The van der Waals surface area contributed by atoms with E-state index >= 15 is 0 Å². The lowest BCUT2D eigenvalue weighted by Gasteiger charge is -2.19. The maximum absolute atomic E-state index is 13.5. The molecule has 7 heteroatoms. The number of nitro groups is 1. The maximum atomic E-state index is 13.5.